The summed E-state index contributed by atoms with van der Waals surface area (Å²) in [6.07, 6.45) is -2.20. The molecule has 3 nitrogen and oxygen atoms in total. The van der Waals surface area contributed by atoms with E-state index >= 15 is 0 Å². The topological polar surface area (TPSA) is 55.1 Å². The Kier molecular flexibility index (Phi) is 5.98. The standard InChI is InChI=1S/C19H19F3N2O.ClH/c20-19(21,22)15-9-13(12-23)10-16(11-15)24-17(25)18(7-4-8-18)14-5-2-1-3-6-14;/h1-3,5-6,9-11H,4,7-8,12,23H2,(H,24,25);1H. The van der Waals surface area contributed by atoms with Crippen LogP contribution in [-0.4, -0.2) is 5.91 Å². The first kappa shape index (κ1) is 20.3. The number of anilines is 1. The van der Waals surface area contributed by atoms with Crippen molar-refractivity contribution in [2.45, 2.75) is 37.4 Å². The van der Waals surface area contributed by atoms with E-state index in [1.165, 1.54) is 6.07 Å². The molecule has 0 bridgehead atoms. The van der Waals surface area contributed by atoms with Crippen LogP contribution in [0.3, 0.4) is 0 Å². The first-order valence-corrected chi connectivity index (χ1v) is 8.13. The molecule has 1 aliphatic rings. The van der Waals surface area contributed by atoms with E-state index in [4.69, 9.17) is 5.73 Å². The molecule has 7 heteroatoms. The molecule has 2 aromatic carbocycles. The largest absolute Gasteiger partial charge is 0.416 e. The quantitative estimate of drug-likeness (QED) is 0.806. The number of nitrogens with one attached hydrogen (secondary N) is 1. The Labute approximate surface area is 156 Å². The van der Waals surface area contributed by atoms with Crippen molar-refractivity contribution >= 4 is 24.0 Å². The summed E-state index contributed by atoms with van der Waals surface area (Å²) in [4.78, 5) is 12.9. The van der Waals surface area contributed by atoms with Gasteiger partial charge >= 0.3 is 6.18 Å². The second-order valence-corrected chi connectivity index (χ2v) is 6.38. The zero-order chi connectivity index (χ0) is 18.1. The number of hydrogen-bond donors (Lipinski definition) is 2. The summed E-state index contributed by atoms with van der Waals surface area (Å²) in [7, 11) is 0. The molecule has 0 aromatic heterocycles. The van der Waals surface area contributed by atoms with Gasteiger partial charge in [0.2, 0.25) is 5.91 Å². The fourth-order valence-electron chi connectivity index (χ4n) is 3.23. The fourth-order valence-corrected chi connectivity index (χ4v) is 3.23. The summed E-state index contributed by atoms with van der Waals surface area (Å²) < 4.78 is 39.1. The van der Waals surface area contributed by atoms with Crippen LogP contribution in [0, 0.1) is 0 Å². The minimum atomic E-state index is -4.49. The lowest BCUT2D eigenvalue weighted by molar-refractivity contribution is -0.137. The molecule has 3 rings (SSSR count). The Morgan fingerprint density at radius 3 is 2.27 bits per heavy atom. The second-order valence-electron chi connectivity index (χ2n) is 6.38. The van der Waals surface area contributed by atoms with Gasteiger partial charge < -0.3 is 11.1 Å². The highest BCUT2D eigenvalue weighted by molar-refractivity contribution is 6.00. The van der Waals surface area contributed by atoms with Gasteiger partial charge in [0.25, 0.3) is 0 Å². The lowest BCUT2D eigenvalue weighted by Crippen LogP contribution is -2.46. The van der Waals surface area contributed by atoms with Crippen molar-refractivity contribution < 1.29 is 18.0 Å². The molecule has 1 aliphatic carbocycles. The van der Waals surface area contributed by atoms with Crippen LogP contribution < -0.4 is 11.1 Å². The Balaban J connectivity index is 0.00000243. The van der Waals surface area contributed by atoms with Gasteiger partial charge in [-0.3, -0.25) is 4.79 Å². The predicted molar refractivity (Wildman–Crippen MR) is 97.2 cm³/mol. The number of nitrogens with two attached hydrogens (primary N) is 1. The molecular formula is C19H20ClF3N2O. The summed E-state index contributed by atoms with van der Waals surface area (Å²) >= 11 is 0. The normalized spacial score (nSPS) is 15.5. The van der Waals surface area contributed by atoms with E-state index in [0.29, 0.717) is 18.4 Å². The predicted octanol–water partition coefficient (Wildman–Crippen LogP) is 4.65. The van der Waals surface area contributed by atoms with Gasteiger partial charge in [-0.2, -0.15) is 13.2 Å². The first-order chi connectivity index (χ1) is 11.8. The van der Waals surface area contributed by atoms with Crippen molar-refractivity contribution in [3.63, 3.8) is 0 Å². The summed E-state index contributed by atoms with van der Waals surface area (Å²) in [5.74, 6) is -0.271. The van der Waals surface area contributed by atoms with Crippen LogP contribution >= 0.6 is 12.4 Å². The maximum atomic E-state index is 13.0. The average molecular weight is 385 g/mol. The number of alkyl halides is 3. The van der Waals surface area contributed by atoms with E-state index in [2.05, 4.69) is 5.32 Å². The van der Waals surface area contributed by atoms with Crippen LogP contribution in [0.4, 0.5) is 18.9 Å². The Bertz CT molecular complexity index is 774. The monoisotopic (exact) mass is 384 g/mol. The minimum absolute atomic E-state index is 0. The molecule has 1 amide bonds. The van der Waals surface area contributed by atoms with E-state index in [0.717, 1.165) is 24.1 Å². The molecule has 0 heterocycles. The van der Waals surface area contributed by atoms with Crippen molar-refractivity contribution in [1.82, 2.24) is 0 Å². The Morgan fingerprint density at radius 1 is 1.12 bits per heavy atom. The summed E-state index contributed by atoms with van der Waals surface area (Å²) in [5, 5.41) is 2.68. The summed E-state index contributed by atoms with van der Waals surface area (Å²) in [5.41, 5.74) is 5.36. The smallest absolute Gasteiger partial charge is 0.326 e. The summed E-state index contributed by atoms with van der Waals surface area (Å²) in [6.45, 7) is -0.0311. The second kappa shape index (κ2) is 7.68. The average Bonchev–Trinajstić information content (AvgIpc) is 2.53. The fraction of sp³-hybridized carbons (Fsp3) is 0.316. The van der Waals surface area contributed by atoms with Crippen molar-refractivity contribution in [1.29, 1.82) is 0 Å². The number of halogens is 4. The molecule has 0 saturated heterocycles. The van der Waals surface area contributed by atoms with E-state index in [-0.39, 0.29) is 30.5 Å². The number of hydrogen-bond acceptors (Lipinski definition) is 2. The van der Waals surface area contributed by atoms with Gasteiger partial charge in [-0.05, 0) is 42.2 Å². The molecule has 26 heavy (non-hydrogen) atoms. The lowest BCUT2D eigenvalue weighted by atomic mass is 9.64. The van der Waals surface area contributed by atoms with Crippen LogP contribution in [0.25, 0.3) is 0 Å². The minimum Gasteiger partial charge on any atom is -0.326 e. The molecule has 1 fully saturated rings. The number of amides is 1. The SMILES string of the molecule is Cl.NCc1cc(NC(=O)C2(c3ccccc3)CCC2)cc(C(F)(F)F)c1. The van der Waals surface area contributed by atoms with Crippen molar-refractivity contribution in [3.8, 4) is 0 Å². The molecule has 0 atom stereocenters. The molecule has 0 radical (unpaired) electrons. The first-order valence-electron chi connectivity index (χ1n) is 8.13. The highest BCUT2D eigenvalue weighted by Gasteiger charge is 2.45. The molecule has 140 valence electrons. The van der Waals surface area contributed by atoms with Gasteiger partial charge in [0.1, 0.15) is 0 Å². The number of rotatable bonds is 4. The molecule has 0 spiro atoms. The maximum Gasteiger partial charge on any atom is 0.416 e. The van der Waals surface area contributed by atoms with Crippen LogP contribution in [0.15, 0.2) is 48.5 Å². The van der Waals surface area contributed by atoms with Crippen LogP contribution in [-0.2, 0) is 22.9 Å². The number of carbonyl (C=O) groups excluding carboxylic acids is 1. The van der Waals surface area contributed by atoms with Crippen LogP contribution in [0.5, 0.6) is 0 Å². The molecule has 3 N–H and O–H groups in total. The maximum absolute atomic E-state index is 13.0. The third kappa shape index (κ3) is 3.86. The Hall–Kier alpha value is -2.05. The number of benzene rings is 2. The Morgan fingerprint density at radius 2 is 1.77 bits per heavy atom. The van der Waals surface area contributed by atoms with Gasteiger partial charge in [-0.15, -0.1) is 12.4 Å². The van der Waals surface area contributed by atoms with Gasteiger partial charge in [0.15, 0.2) is 0 Å². The highest BCUT2D eigenvalue weighted by Crippen LogP contribution is 2.44. The highest BCUT2D eigenvalue weighted by atomic mass is 35.5. The third-order valence-corrected chi connectivity index (χ3v) is 4.78. The van der Waals surface area contributed by atoms with E-state index in [9.17, 15) is 18.0 Å². The van der Waals surface area contributed by atoms with E-state index < -0.39 is 17.2 Å². The van der Waals surface area contributed by atoms with Crippen LogP contribution in [0.2, 0.25) is 0 Å². The van der Waals surface area contributed by atoms with Crippen molar-refractivity contribution in [3.05, 3.63) is 65.2 Å². The lowest BCUT2D eigenvalue weighted by Gasteiger charge is -2.40. The van der Waals surface area contributed by atoms with Gasteiger partial charge in [0.05, 0.1) is 11.0 Å². The van der Waals surface area contributed by atoms with Gasteiger partial charge in [-0.25, -0.2) is 0 Å². The summed E-state index contributed by atoms with van der Waals surface area (Å²) in [6, 6.07) is 12.8. The zero-order valence-electron chi connectivity index (χ0n) is 14.0. The molecule has 0 unspecified atom stereocenters. The van der Waals surface area contributed by atoms with Crippen molar-refractivity contribution in [2.75, 3.05) is 5.32 Å². The molecular weight excluding hydrogens is 365 g/mol. The van der Waals surface area contributed by atoms with Gasteiger partial charge in [-0.1, -0.05) is 36.8 Å². The third-order valence-electron chi connectivity index (χ3n) is 4.78. The van der Waals surface area contributed by atoms with E-state index in [1.54, 1.807) is 0 Å². The molecule has 0 aliphatic heterocycles. The van der Waals surface area contributed by atoms with Crippen molar-refractivity contribution in [2.24, 2.45) is 5.73 Å². The molecule has 1 saturated carbocycles. The van der Waals surface area contributed by atoms with Gasteiger partial charge in [0, 0.05) is 12.2 Å². The molecule has 2 aromatic rings. The zero-order valence-corrected chi connectivity index (χ0v) is 14.8. The number of carbonyl (C=O) groups is 1. The van der Waals surface area contributed by atoms with Crippen LogP contribution in [0.1, 0.15) is 36.0 Å². The van der Waals surface area contributed by atoms with E-state index in [1.807, 2.05) is 30.3 Å².